The Kier molecular flexibility index (Phi) is 3.22. The van der Waals surface area contributed by atoms with E-state index in [4.69, 9.17) is 11.6 Å². The van der Waals surface area contributed by atoms with Crippen molar-refractivity contribution in [3.63, 3.8) is 0 Å². The van der Waals surface area contributed by atoms with Crippen LogP contribution >= 0.6 is 11.6 Å². The topological polar surface area (TPSA) is 49.7 Å². The number of hydrogen-bond acceptors (Lipinski definition) is 3. The largest absolute Gasteiger partial charge is 0.266 e. The van der Waals surface area contributed by atoms with E-state index in [0.717, 1.165) is 4.31 Å². The summed E-state index contributed by atoms with van der Waals surface area (Å²) in [5, 5.41) is 0.218. The second kappa shape index (κ2) is 4.50. The predicted molar refractivity (Wildman–Crippen MR) is 66.1 cm³/mol. The number of nitrogens with zero attached hydrogens (tertiary/aromatic N) is 2. The van der Waals surface area contributed by atoms with Crippen LogP contribution < -0.4 is 0 Å². The van der Waals surface area contributed by atoms with Crippen molar-refractivity contribution in [2.24, 2.45) is 4.99 Å². The van der Waals surface area contributed by atoms with Crippen molar-refractivity contribution in [2.45, 2.75) is 11.8 Å². The van der Waals surface area contributed by atoms with Crippen molar-refractivity contribution in [1.29, 1.82) is 0 Å². The lowest BCUT2D eigenvalue weighted by Gasteiger charge is -2.21. The van der Waals surface area contributed by atoms with E-state index >= 15 is 0 Å². The lowest BCUT2D eigenvalue weighted by molar-refractivity contribution is 0.492. The fourth-order valence-electron chi connectivity index (χ4n) is 1.32. The molecule has 0 aromatic heterocycles. The highest BCUT2D eigenvalue weighted by Crippen LogP contribution is 2.20. The summed E-state index contributed by atoms with van der Waals surface area (Å²) in [5.41, 5.74) is 0.589. The molecule has 4 nitrogen and oxygen atoms in total. The Morgan fingerprint density at radius 3 is 2.59 bits per heavy atom. The molecule has 0 N–H and O–H groups in total. The average Bonchev–Trinajstić information content (AvgIpc) is 2.33. The van der Waals surface area contributed by atoms with Crippen LogP contribution in [0.2, 0.25) is 0 Å². The third-order valence-corrected chi connectivity index (χ3v) is 4.32. The summed E-state index contributed by atoms with van der Waals surface area (Å²) in [6, 6.07) is 8.13. The Balaban J connectivity index is 2.37. The summed E-state index contributed by atoms with van der Waals surface area (Å²) in [6.45, 7) is 1.72. The van der Waals surface area contributed by atoms with E-state index in [1.54, 1.807) is 25.1 Å². The molecule has 0 atom stereocenters. The van der Waals surface area contributed by atoms with Crippen molar-refractivity contribution in [1.82, 2.24) is 4.31 Å². The minimum atomic E-state index is -3.61. The number of aliphatic imine (C=N–C) groups is 1. The zero-order valence-electron chi connectivity index (χ0n) is 9.09. The first-order valence-electron chi connectivity index (χ1n) is 4.90. The fraction of sp³-hybridized carbons (Fsp3) is 0.182. The van der Waals surface area contributed by atoms with Gasteiger partial charge in [0.25, 0.3) is 10.0 Å². The molecule has 1 aromatic rings. The Morgan fingerprint density at radius 2 is 2.00 bits per heavy atom. The molecule has 1 aliphatic heterocycles. The summed E-state index contributed by atoms with van der Waals surface area (Å²) >= 11 is 5.82. The molecule has 89 valence electrons. The smallest absolute Gasteiger partial charge is 0.266 e. The molecule has 0 saturated heterocycles. The zero-order valence-corrected chi connectivity index (χ0v) is 10.7. The van der Waals surface area contributed by atoms with E-state index in [2.05, 4.69) is 11.2 Å². The highest BCUT2D eigenvalue weighted by atomic mass is 35.5. The van der Waals surface area contributed by atoms with Gasteiger partial charge in [-0.2, -0.15) is 0 Å². The van der Waals surface area contributed by atoms with Crippen LogP contribution in [-0.2, 0) is 10.0 Å². The quantitative estimate of drug-likeness (QED) is 0.824. The second-order valence-corrected chi connectivity index (χ2v) is 5.72. The van der Waals surface area contributed by atoms with Crippen LogP contribution in [-0.4, -0.2) is 25.1 Å². The molecule has 6 heteroatoms. The highest BCUT2D eigenvalue weighted by molar-refractivity contribution is 7.89. The molecule has 0 unspecified atom stereocenters. The normalized spacial score (nSPS) is 16.5. The van der Waals surface area contributed by atoms with Crippen LogP contribution in [0, 0.1) is 6.20 Å². The molecule has 1 aliphatic rings. The van der Waals surface area contributed by atoms with Crippen LogP contribution in [0.1, 0.15) is 6.92 Å². The minimum Gasteiger partial charge on any atom is -0.266 e. The molecule has 1 radical (unpaired) electrons. The minimum absolute atomic E-state index is 0.0132. The SMILES string of the molecule is CC1=NCN(S(=O)(=O)c2ccccc2)[C]=C1Cl. The van der Waals surface area contributed by atoms with Crippen molar-refractivity contribution >= 4 is 27.3 Å². The molecular weight excluding hydrogens is 260 g/mol. The molecule has 1 aromatic carbocycles. The Hall–Kier alpha value is -1.33. The molecule has 2 rings (SSSR count). The molecule has 0 spiro atoms. The molecule has 1 heterocycles. The van der Waals surface area contributed by atoms with Crippen LogP contribution in [0.15, 0.2) is 45.3 Å². The van der Waals surface area contributed by atoms with Gasteiger partial charge in [0.2, 0.25) is 0 Å². The van der Waals surface area contributed by atoms with Crippen molar-refractivity contribution in [2.75, 3.05) is 6.67 Å². The Labute approximate surface area is 105 Å². The number of rotatable bonds is 2. The number of hydrogen-bond donors (Lipinski definition) is 0. The second-order valence-electron chi connectivity index (χ2n) is 3.48. The van der Waals surface area contributed by atoms with Crippen molar-refractivity contribution in [3.05, 3.63) is 41.6 Å². The van der Waals surface area contributed by atoms with Gasteiger partial charge >= 0.3 is 0 Å². The van der Waals surface area contributed by atoms with Gasteiger partial charge in [-0.25, -0.2) is 12.7 Å². The first-order chi connectivity index (χ1) is 8.01. The van der Waals surface area contributed by atoms with Gasteiger partial charge in [0.05, 0.1) is 15.6 Å². The van der Waals surface area contributed by atoms with Crippen LogP contribution in [0.5, 0.6) is 0 Å². The monoisotopic (exact) mass is 269 g/mol. The third-order valence-electron chi connectivity index (χ3n) is 2.31. The van der Waals surface area contributed by atoms with E-state index < -0.39 is 10.0 Å². The van der Waals surface area contributed by atoms with Gasteiger partial charge in [0.1, 0.15) is 12.9 Å². The van der Waals surface area contributed by atoms with Gasteiger partial charge in [0, 0.05) is 0 Å². The van der Waals surface area contributed by atoms with E-state index in [1.165, 1.54) is 12.1 Å². The number of benzene rings is 1. The van der Waals surface area contributed by atoms with Gasteiger partial charge in [-0.15, -0.1) is 0 Å². The summed E-state index contributed by atoms with van der Waals surface area (Å²) < 4.78 is 25.3. The molecule has 0 amide bonds. The molecule has 0 fully saturated rings. The van der Waals surface area contributed by atoms with Crippen LogP contribution in [0.4, 0.5) is 0 Å². The maximum absolute atomic E-state index is 12.2. The Morgan fingerprint density at radius 1 is 1.35 bits per heavy atom. The zero-order chi connectivity index (χ0) is 12.5. The third kappa shape index (κ3) is 2.35. The van der Waals surface area contributed by atoms with Crippen LogP contribution in [0.25, 0.3) is 0 Å². The molecule has 0 bridgehead atoms. The predicted octanol–water partition coefficient (Wildman–Crippen LogP) is 1.99. The van der Waals surface area contributed by atoms with E-state index in [0.29, 0.717) is 5.71 Å². The molecule has 0 aliphatic carbocycles. The first-order valence-corrected chi connectivity index (χ1v) is 6.72. The maximum atomic E-state index is 12.2. The Bertz CT molecular complexity index is 579. The number of sulfonamides is 1. The number of halogens is 1. The lowest BCUT2D eigenvalue weighted by atomic mass is 10.4. The molecule has 17 heavy (non-hydrogen) atoms. The lowest BCUT2D eigenvalue weighted by Crippen LogP contribution is -2.30. The van der Waals surface area contributed by atoms with Gasteiger partial charge in [-0.05, 0) is 19.1 Å². The summed E-state index contributed by atoms with van der Waals surface area (Å²) in [6.07, 6.45) is 2.60. The number of allylic oxidation sites excluding steroid dienone is 1. The summed E-state index contributed by atoms with van der Waals surface area (Å²) in [4.78, 5) is 4.22. The fourth-order valence-corrected chi connectivity index (χ4v) is 2.71. The maximum Gasteiger partial charge on any atom is 0.266 e. The van der Waals surface area contributed by atoms with E-state index in [1.807, 2.05) is 0 Å². The average molecular weight is 270 g/mol. The van der Waals surface area contributed by atoms with Gasteiger partial charge in [-0.3, -0.25) is 4.99 Å². The summed E-state index contributed by atoms with van der Waals surface area (Å²) in [7, 11) is -3.61. The van der Waals surface area contributed by atoms with E-state index in [-0.39, 0.29) is 16.6 Å². The van der Waals surface area contributed by atoms with Gasteiger partial charge < -0.3 is 0 Å². The molecule has 0 saturated carbocycles. The van der Waals surface area contributed by atoms with E-state index in [9.17, 15) is 8.42 Å². The van der Waals surface area contributed by atoms with Gasteiger partial charge in [-0.1, -0.05) is 29.8 Å². The van der Waals surface area contributed by atoms with Crippen molar-refractivity contribution < 1.29 is 8.42 Å². The first kappa shape index (κ1) is 12.1. The highest BCUT2D eigenvalue weighted by Gasteiger charge is 2.24. The van der Waals surface area contributed by atoms with Crippen LogP contribution in [0.3, 0.4) is 0 Å². The standard InChI is InChI=1S/C11H10ClN2O2S/c1-9-11(12)7-14(8-13-9)17(15,16)10-5-3-2-4-6-10/h2-6H,8H2,1H3. The van der Waals surface area contributed by atoms with Crippen molar-refractivity contribution in [3.8, 4) is 0 Å². The summed E-state index contributed by atoms with van der Waals surface area (Å²) in [5.74, 6) is 0. The molecular formula is C11H10ClN2O2S. The van der Waals surface area contributed by atoms with Gasteiger partial charge in [0.15, 0.2) is 0 Å².